The van der Waals surface area contributed by atoms with Crippen molar-refractivity contribution in [1.29, 1.82) is 0 Å². The molecule has 0 saturated carbocycles. The molecular weight excluding hydrogens is 240 g/mol. The minimum absolute atomic E-state index is 0.363. The highest BCUT2D eigenvalue weighted by Gasteiger charge is 2.38. The van der Waals surface area contributed by atoms with Crippen LogP contribution in [0.1, 0.15) is 12.0 Å². The first kappa shape index (κ1) is 10.5. The first-order valence-electron chi connectivity index (χ1n) is 3.96. The highest BCUT2D eigenvalue weighted by atomic mass is 16.7. The van der Waals surface area contributed by atoms with Crippen LogP contribution in [0.25, 0.3) is 5.78 Å². The van der Waals surface area contributed by atoms with Gasteiger partial charge >= 0.3 is 11.9 Å². The lowest BCUT2D eigenvalue weighted by atomic mass is 10.5. The van der Waals surface area contributed by atoms with Gasteiger partial charge in [0.15, 0.2) is 0 Å². The summed E-state index contributed by atoms with van der Waals surface area (Å²) in [6, 6.07) is 0. The second kappa shape index (κ2) is 3.54. The van der Waals surface area contributed by atoms with E-state index in [1.807, 2.05) is 4.98 Å². The third-order valence-electron chi connectivity index (χ3n) is 1.74. The number of nitro groups is 2. The summed E-state index contributed by atoms with van der Waals surface area (Å²) in [6.07, 6.45) is -2.37. The van der Waals surface area contributed by atoms with Crippen LogP contribution in [0, 0.1) is 20.2 Å². The zero-order valence-corrected chi connectivity index (χ0v) is 7.75. The molecule has 2 aromatic rings. The summed E-state index contributed by atoms with van der Waals surface area (Å²) in [7, 11) is 0. The Morgan fingerprint density at radius 1 is 1.29 bits per heavy atom. The van der Waals surface area contributed by atoms with Crippen molar-refractivity contribution in [3.05, 3.63) is 36.5 Å². The van der Waals surface area contributed by atoms with E-state index in [4.69, 9.17) is 0 Å². The standard InChI is InChI=1S/C4H2N8O5/c13-4-6-1(2(11(14)15)12(16)17)5-3-7-8-9-10(3)4/h2H,(H,5,6,7,9,13). The number of aromatic nitrogens is 6. The average molecular weight is 242 g/mol. The predicted molar refractivity (Wildman–Crippen MR) is 45.9 cm³/mol. The fourth-order valence-corrected chi connectivity index (χ4v) is 1.08. The molecule has 0 unspecified atom stereocenters. The van der Waals surface area contributed by atoms with E-state index in [2.05, 4.69) is 20.5 Å². The highest BCUT2D eigenvalue weighted by Crippen LogP contribution is 2.10. The Kier molecular flexibility index (Phi) is 2.19. The van der Waals surface area contributed by atoms with Crippen molar-refractivity contribution in [3.8, 4) is 0 Å². The summed E-state index contributed by atoms with van der Waals surface area (Å²) in [5.41, 5.74) is -0.955. The molecule has 13 nitrogen and oxygen atoms in total. The summed E-state index contributed by atoms with van der Waals surface area (Å²) < 4.78 is 0.612. The molecule has 88 valence electrons. The van der Waals surface area contributed by atoms with E-state index in [1.165, 1.54) is 0 Å². The molecule has 0 aliphatic carbocycles. The van der Waals surface area contributed by atoms with E-state index < -0.39 is 27.5 Å². The van der Waals surface area contributed by atoms with Crippen LogP contribution in [0.3, 0.4) is 0 Å². The van der Waals surface area contributed by atoms with Crippen molar-refractivity contribution in [2.75, 3.05) is 0 Å². The first-order chi connectivity index (χ1) is 8.00. The van der Waals surface area contributed by atoms with Crippen molar-refractivity contribution >= 4 is 5.78 Å². The van der Waals surface area contributed by atoms with Gasteiger partial charge in [-0.3, -0.25) is 25.2 Å². The van der Waals surface area contributed by atoms with Crippen molar-refractivity contribution in [1.82, 2.24) is 30.0 Å². The molecule has 0 aromatic carbocycles. The molecule has 0 spiro atoms. The van der Waals surface area contributed by atoms with Gasteiger partial charge in [0.25, 0.3) is 11.6 Å². The van der Waals surface area contributed by atoms with Crippen LogP contribution in [0.2, 0.25) is 0 Å². The van der Waals surface area contributed by atoms with Crippen LogP contribution in [0.4, 0.5) is 0 Å². The van der Waals surface area contributed by atoms with Gasteiger partial charge in [-0.05, 0) is 10.4 Å². The van der Waals surface area contributed by atoms with Gasteiger partial charge in [0.05, 0.1) is 0 Å². The van der Waals surface area contributed by atoms with Crippen LogP contribution < -0.4 is 5.69 Å². The molecule has 1 N–H and O–H groups in total. The Morgan fingerprint density at radius 2 is 1.94 bits per heavy atom. The quantitative estimate of drug-likeness (QED) is 0.354. The van der Waals surface area contributed by atoms with Gasteiger partial charge in [0.2, 0.25) is 0 Å². The lowest BCUT2D eigenvalue weighted by Crippen LogP contribution is -2.28. The van der Waals surface area contributed by atoms with Gasteiger partial charge in [0, 0.05) is 0 Å². The largest absolute Gasteiger partial charge is 0.507 e. The maximum Gasteiger partial charge on any atom is 0.507 e. The fraction of sp³-hybridized carbons (Fsp3) is 0.250. The Morgan fingerprint density at radius 3 is 2.53 bits per heavy atom. The molecular formula is C4H2N8O5. The van der Waals surface area contributed by atoms with Crippen molar-refractivity contribution in [3.63, 3.8) is 0 Å². The van der Waals surface area contributed by atoms with Crippen molar-refractivity contribution in [2.45, 2.75) is 6.17 Å². The molecule has 0 bridgehead atoms. The van der Waals surface area contributed by atoms with Crippen LogP contribution in [-0.2, 0) is 0 Å². The summed E-state index contributed by atoms with van der Waals surface area (Å²) in [5.74, 6) is -1.11. The maximum atomic E-state index is 11.3. The molecule has 13 heteroatoms. The molecule has 0 amide bonds. The Balaban J connectivity index is 2.65. The number of nitrogens with one attached hydrogen (secondary N) is 1. The third kappa shape index (κ3) is 1.64. The maximum absolute atomic E-state index is 11.3. The number of H-pyrrole nitrogens is 1. The molecule has 0 aliphatic rings. The molecule has 0 atom stereocenters. The van der Waals surface area contributed by atoms with E-state index in [0.29, 0.717) is 4.52 Å². The van der Waals surface area contributed by atoms with E-state index in [1.54, 1.807) is 0 Å². The minimum atomic E-state index is -2.37. The number of rotatable bonds is 3. The monoisotopic (exact) mass is 242 g/mol. The number of tetrazole rings is 1. The summed E-state index contributed by atoms with van der Waals surface area (Å²) in [4.78, 5) is 35.1. The molecule has 17 heavy (non-hydrogen) atoms. The number of hydrogen-bond donors (Lipinski definition) is 1. The average Bonchev–Trinajstić information content (AvgIpc) is 2.64. The van der Waals surface area contributed by atoms with Crippen LogP contribution >= 0.6 is 0 Å². The number of aromatic amines is 1. The molecule has 2 heterocycles. The van der Waals surface area contributed by atoms with Crippen molar-refractivity contribution in [2.24, 2.45) is 0 Å². The van der Waals surface area contributed by atoms with Gasteiger partial charge in [-0.1, -0.05) is 5.10 Å². The van der Waals surface area contributed by atoms with Gasteiger partial charge in [-0.25, -0.2) is 4.79 Å². The van der Waals surface area contributed by atoms with Gasteiger partial charge in [-0.2, -0.15) is 4.98 Å². The van der Waals surface area contributed by atoms with E-state index in [-0.39, 0.29) is 5.78 Å². The predicted octanol–water partition coefficient (Wildman–Crippen LogP) is -2.24. The van der Waals surface area contributed by atoms with E-state index >= 15 is 0 Å². The van der Waals surface area contributed by atoms with Gasteiger partial charge in [0.1, 0.15) is 9.85 Å². The molecule has 0 aliphatic heterocycles. The minimum Gasteiger partial charge on any atom is -0.281 e. The molecule has 0 fully saturated rings. The second-order valence-electron chi connectivity index (χ2n) is 2.76. The zero-order valence-electron chi connectivity index (χ0n) is 7.75. The molecule has 2 aromatic heterocycles. The SMILES string of the molecule is O=c1[nH]c(C([N+](=O)[O-])[N+](=O)[O-])nc2nnnn12. The smallest absolute Gasteiger partial charge is 0.281 e. The van der Waals surface area contributed by atoms with Crippen LogP contribution in [0.15, 0.2) is 4.79 Å². The Hall–Kier alpha value is -2.99. The Labute approximate surface area is 89.4 Å². The molecule has 2 rings (SSSR count). The fourth-order valence-electron chi connectivity index (χ4n) is 1.08. The van der Waals surface area contributed by atoms with Gasteiger partial charge in [-0.15, -0.1) is 4.52 Å². The Bertz CT molecular complexity index is 643. The number of fused-ring (bicyclic) bond motifs is 1. The number of hydrogen-bond acceptors (Lipinski definition) is 9. The highest BCUT2D eigenvalue weighted by molar-refractivity contribution is 5.21. The van der Waals surface area contributed by atoms with E-state index in [9.17, 15) is 25.0 Å². The van der Waals surface area contributed by atoms with Crippen LogP contribution in [0.5, 0.6) is 0 Å². The lowest BCUT2D eigenvalue weighted by Gasteiger charge is -1.99. The zero-order chi connectivity index (χ0) is 12.6. The second-order valence-corrected chi connectivity index (χ2v) is 2.76. The summed E-state index contributed by atoms with van der Waals surface area (Å²) in [5, 5.41) is 30.5. The molecule has 0 radical (unpaired) electrons. The van der Waals surface area contributed by atoms with Crippen LogP contribution in [-0.4, -0.2) is 39.9 Å². The summed E-state index contributed by atoms with van der Waals surface area (Å²) >= 11 is 0. The van der Waals surface area contributed by atoms with E-state index in [0.717, 1.165) is 0 Å². The van der Waals surface area contributed by atoms with Gasteiger partial charge < -0.3 is 0 Å². The van der Waals surface area contributed by atoms with Crippen molar-refractivity contribution < 1.29 is 9.85 Å². The third-order valence-corrected chi connectivity index (χ3v) is 1.74. The molecule has 0 saturated heterocycles. The summed E-state index contributed by atoms with van der Waals surface area (Å²) in [6.45, 7) is 0. The number of nitrogens with zero attached hydrogens (tertiary/aromatic N) is 7. The first-order valence-corrected chi connectivity index (χ1v) is 3.96. The lowest BCUT2D eigenvalue weighted by molar-refractivity contribution is -0.754. The normalized spacial score (nSPS) is 10.9. The topological polar surface area (TPSA) is 175 Å².